The van der Waals surface area contributed by atoms with Crippen LogP contribution in [0.5, 0.6) is 0 Å². The predicted molar refractivity (Wildman–Crippen MR) is 47.8 cm³/mol. The van der Waals surface area contributed by atoms with E-state index in [1.54, 1.807) is 0 Å². The van der Waals surface area contributed by atoms with Crippen molar-refractivity contribution in [3.63, 3.8) is 0 Å². The standard InChI is InChI=1S/C7H11OPS/c1-2-7-4-3-5-9(8,10)6-7/h1,7H,3-6H2,(H,8,10). The number of hydrogen-bond acceptors (Lipinski definition) is 1. The maximum absolute atomic E-state index is 9.51. The second-order valence-corrected chi connectivity index (χ2v) is 7.30. The maximum atomic E-state index is 9.51. The van der Waals surface area contributed by atoms with Crippen molar-refractivity contribution < 1.29 is 4.89 Å². The Morgan fingerprint density at radius 2 is 2.40 bits per heavy atom. The highest BCUT2D eigenvalue weighted by Gasteiger charge is 2.23. The van der Waals surface area contributed by atoms with Crippen LogP contribution in [0.15, 0.2) is 0 Å². The van der Waals surface area contributed by atoms with Gasteiger partial charge in [0.05, 0.1) is 6.26 Å². The van der Waals surface area contributed by atoms with Gasteiger partial charge in [0.2, 0.25) is 0 Å². The minimum Gasteiger partial charge on any atom is -0.365 e. The van der Waals surface area contributed by atoms with Gasteiger partial charge in [0, 0.05) is 12.1 Å². The van der Waals surface area contributed by atoms with E-state index >= 15 is 0 Å². The third-order valence-electron chi connectivity index (χ3n) is 1.80. The summed E-state index contributed by atoms with van der Waals surface area (Å²) in [6.07, 6.45) is 6.87. The lowest BCUT2D eigenvalue weighted by molar-refractivity contribution is 0.556. The zero-order chi connectivity index (χ0) is 7.61. The summed E-state index contributed by atoms with van der Waals surface area (Å²) in [5, 5.41) is 0. The van der Waals surface area contributed by atoms with E-state index < -0.39 is 6.26 Å². The average molecular weight is 174 g/mol. The second-order valence-electron chi connectivity index (χ2n) is 2.76. The van der Waals surface area contributed by atoms with E-state index in [0.29, 0.717) is 6.16 Å². The first-order chi connectivity index (χ1) is 4.64. The van der Waals surface area contributed by atoms with Crippen LogP contribution in [-0.2, 0) is 11.8 Å². The van der Waals surface area contributed by atoms with Crippen LogP contribution in [0.1, 0.15) is 12.8 Å². The Morgan fingerprint density at radius 1 is 1.70 bits per heavy atom. The Morgan fingerprint density at radius 3 is 2.80 bits per heavy atom. The van der Waals surface area contributed by atoms with Crippen molar-refractivity contribution in [2.24, 2.45) is 5.92 Å². The molecule has 0 aliphatic carbocycles. The topological polar surface area (TPSA) is 20.2 Å². The van der Waals surface area contributed by atoms with Gasteiger partial charge in [-0.3, -0.25) is 0 Å². The van der Waals surface area contributed by atoms with Crippen LogP contribution in [-0.4, -0.2) is 17.2 Å². The van der Waals surface area contributed by atoms with Gasteiger partial charge in [0.15, 0.2) is 0 Å². The molecule has 10 heavy (non-hydrogen) atoms. The summed E-state index contributed by atoms with van der Waals surface area (Å²) in [5.41, 5.74) is 0. The molecule has 1 aliphatic heterocycles. The zero-order valence-electron chi connectivity index (χ0n) is 5.79. The quantitative estimate of drug-likeness (QED) is 0.442. The molecule has 0 saturated carbocycles. The fourth-order valence-electron chi connectivity index (χ4n) is 1.25. The van der Waals surface area contributed by atoms with Crippen molar-refractivity contribution >= 4 is 18.1 Å². The summed E-state index contributed by atoms with van der Waals surface area (Å²) in [5.74, 6) is 2.91. The van der Waals surface area contributed by atoms with E-state index in [9.17, 15) is 4.89 Å². The summed E-state index contributed by atoms with van der Waals surface area (Å²) in [4.78, 5) is 9.51. The van der Waals surface area contributed by atoms with Gasteiger partial charge >= 0.3 is 0 Å². The van der Waals surface area contributed by atoms with E-state index in [0.717, 1.165) is 19.0 Å². The molecule has 0 amide bonds. The van der Waals surface area contributed by atoms with Gasteiger partial charge in [-0.05, 0) is 19.0 Å². The van der Waals surface area contributed by atoms with Crippen molar-refractivity contribution in [1.29, 1.82) is 0 Å². The van der Waals surface area contributed by atoms with E-state index in [2.05, 4.69) is 5.92 Å². The van der Waals surface area contributed by atoms with Crippen LogP contribution in [0.2, 0.25) is 0 Å². The fraction of sp³-hybridized carbons (Fsp3) is 0.714. The molecule has 1 fully saturated rings. The first kappa shape index (κ1) is 8.27. The Balaban J connectivity index is 2.58. The van der Waals surface area contributed by atoms with Crippen molar-refractivity contribution in [1.82, 2.24) is 0 Å². The fourth-order valence-corrected chi connectivity index (χ4v) is 4.01. The third-order valence-corrected chi connectivity index (χ3v) is 4.82. The van der Waals surface area contributed by atoms with E-state index in [1.165, 1.54) is 0 Å². The number of rotatable bonds is 0. The maximum Gasteiger partial charge on any atom is 0.0648 e. The first-order valence-electron chi connectivity index (χ1n) is 3.41. The number of terminal acetylenes is 1. The SMILES string of the molecule is C#CC1CCCP(O)(=S)C1. The lowest BCUT2D eigenvalue weighted by Gasteiger charge is -2.24. The van der Waals surface area contributed by atoms with Gasteiger partial charge in [-0.2, -0.15) is 0 Å². The molecule has 1 rings (SSSR count). The van der Waals surface area contributed by atoms with Crippen molar-refractivity contribution in [3.8, 4) is 12.3 Å². The average Bonchev–Trinajstić information content (AvgIpc) is 1.86. The van der Waals surface area contributed by atoms with E-state index in [-0.39, 0.29) is 5.92 Å². The second kappa shape index (κ2) is 3.05. The minimum absolute atomic E-state index is 0.254. The molecule has 0 radical (unpaired) electrons. The lowest BCUT2D eigenvalue weighted by atomic mass is 10.1. The van der Waals surface area contributed by atoms with Gasteiger partial charge in [-0.15, -0.1) is 12.3 Å². The van der Waals surface area contributed by atoms with Gasteiger partial charge < -0.3 is 4.89 Å². The van der Waals surface area contributed by atoms with E-state index in [1.807, 2.05) is 0 Å². The van der Waals surface area contributed by atoms with Crippen LogP contribution in [0.25, 0.3) is 0 Å². The molecule has 1 N–H and O–H groups in total. The van der Waals surface area contributed by atoms with Crippen LogP contribution >= 0.6 is 6.26 Å². The Kier molecular flexibility index (Phi) is 2.52. The van der Waals surface area contributed by atoms with Crippen molar-refractivity contribution in [3.05, 3.63) is 0 Å². The third kappa shape index (κ3) is 2.09. The highest BCUT2D eigenvalue weighted by atomic mass is 32.4. The molecular weight excluding hydrogens is 163 g/mol. The largest absolute Gasteiger partial charge is 0.365 e. The summed E-state index contributed by atoms with van der Waals surface area (Å²) in [6, 6.07) is 0. The molecule has 3 heteroatoms. The van der Waals surface area contributed by atoms with Crippen LogP contribution in [0.3, 0.4) is 0 Å². The van der Waals surface area contributed by atoms with Crippen molar-refractivity contribution in [2.45, 2.75) is 12.8 Å². The zero-order valence-corrected chi connectivity index (χ0v) is 7.50. The molecule has 1 saturated heterocycles. The Labute approximate surface area is 66.9 Å². The summed E-state index contributed by atoms with van der Waals surface area (Å²) >= 11 is 5.01. The van der Waals surface area contributed by atoms with Gasteiger partial charge in [-0.1, -0.05) is 11.8 Å². The smallest absolute Gasteiger partial charge is 0.0648 e. The molecule has 1 nitrogen and oxygen atoms in total. The summed E-state index contributed by atoms with van der Waals surface area (Å²) in [6.45, 7) is 0. The lowest BCUT2D eigenvalue weighted by Crippen LogP contribution is -2.12. The Bertz CT molecular complexity index is 206. The molecule has 56 valence electrons. The van der Waals surface area contributed by atoms with Crippen LogP contribution in [0, 0.1) is 18.3 Å². The molecule has 0 spiro atoms. The van der Waals surface area contributed by atoms with E-state index in [4.69, 9.17) is 18.2 Å². The van der Waals surface area contributed by atoms with Crippen LogP contribution < -0.4 is 0 Å². The molecule has 0 aromatic rings. The van der Waals surface area contributed by atoms with Crippen molar-refractivity contribution in [2.75, 3.05) is 12.3 Å². The first-order valence-corrected chi connectivity index (χ1v) is 6.53. The normalized spacial score (nSPS) is 40.6. The summed E-state index contributed by atoms with van der Waals surface area (Å²) in [7, 11) is 0. The monoisotopic (exact) mass is 174 g/mol. The highest BCUT2D eigenvalue weighted by Crippen LogP contribution is 2.48. The minimum atomic E-state index is -1.97. The van der Waals surface area contributed by atoms with Crippen LogP contribution in [0.4, 0.5) is 0 Å². The van der Waals surface area contributed by atoms with Gasteiger partial charge in [-0.25, -0.2) is 0 Å². The predicted octanol–water partition coefficient (Wildman–Crippen LogP) is 1.42. The molecular formula is C7H11OPS. The molecule has 1 heterocycles. The highest BCUT2D eigenvalue weighted by molar-refractivity contribution is 8.11. The van der Waals surface area contributed by atoms with Gasteiger partial charge in [0.25, 0.3) is 0 Å². The molecule has 2 unspecified atom stereocenters. The number of hydrogen-bond donors (Lipinski definition) is 1. The Hall–Kier alpha value is 0.170. The summed E-state index contributed by atoms with van der Waals surface area (Å²) < 4.78 is 0. The molecule has 0 aromatic carbocycles. The van der Waals surface area contributed by atoms with Gasteiger partial charge in [0.1, 0.15) is 0 Å². The molecule has 0 bridgehead atoms. The molecule has 1 aliphatic rings. The molecule has 0 aromatic heterocycles. The molecule has 2 atom stereocenters.